The number of carbonyl (C=O) groups is 2. The van der Waals surface area contributed by atoms with Gasteiger partial charge < -0.3 is 4.74 Å². The van der Waals surface area contributed by atoms with Crippen LogP contribution in [0, 0.1) is 0 Å². The second-order valence-electron chi connectivity index (χ2n) is 5.43. The third-order valence-corrected chi connectivity index (χ3v) is 4.51. The fourth-order valence-corrected chi connectivity index (χ4v) is 3.22. The maximum Gasteiger partial charge on any atom is 0.362 e. The van der Waals surface area contributed by atoms with Crippen molar-refractivity contribution in [1.29, 1.82) is 0 Å². The van der Waals surface area contributed by atoms with E-state index in [9.17, 15) is 22.6 Å². The van der Waals surface area contributed by atoms with Gasteiger partial charge in [0, 0.05) is 5.71 Å². The van der Waals surface area contributed by atoms with Crippen LogP contribution in [-0.4, -0.2) is 54.1 Å². The quantitative estimate of drug-likeness (QED) is 0.349. The molecule has 1 aliphatic rings. The Bertz CT molecular complexity index is 816. The summed E-state index contributed by atoms with van der Waals surface area (Å²) in [6.45, 7) is 1.54. The van der Waals surface area contributed by atoms with Crippen LogP contribution in [0.2, 0.25) is 0 Å². The zero-order valence-corrected chi connectivity index (χ0v) is 14.5. The van der Waals surface area contributed by atoms with Crippen molar-refractivity contribution in [1.82, 2.24) is 4.31 Å². The smallest absolute Gasteiger partial charge is 0.362 e. The number of esters is 1. The average molecular weight is 366 g/mol. The molecule has 1 saturated heterocycles. The summed E-state index contributed by atoms with van der Waals surface area (Å²) in [4.78, 5) is 27.4. The van der Waals surface area contributed by atoms with Crippen LogP contribution in [-0.2, 0) is 24.6 Å². The number of hydrogen-bond donors (Lipinski definition) is 1. The fourth-order valence-electron chi connectivity index (χ4n) is 2.39. The van der Waals surface area contributed by atoms with E-state index in [0.717, 1.165) is 5.56 Å². The van der Waals surface area contributed by atoms with Crippen LogP contribution in [0.1, 0.15) is 18.9 Å². The summed E-state index contributed by atoms with van der Waals surface area (Å²) < 4.78 is 36.9. The molecule has 134 valence electrons. The van der Waals surface area contributed by atoms with E-state index in [0.29, 0.717) is 10.0 Å². The van der Waals surface area contributed by atoms with Crippen LogP contribution < -0.4 is 0 Å². The maximum atomic E-state index is 12.1. The van der Waals surface area contributed by atoms with Crippen molar-refractivity contribution in [3.63, 3.8) is 0 Å². The van der Waals surface area contributed by atoms with Crippen molar-refractivity contribution >= 4 is 34.0 Å². The van der Waals surface area contributed by atoms with Gasteiger partial charge in [-0.05, 0) is 12.5 Å². The van der Waals surface area contributed by atoms with Gasteiger partial charge in [-0.15, -0.1) is 0 Å². The maximum absolute atomic E-state index is 12.1. The van der Waals surface area contributed by atoms with E-state index in [1.54, 1.807) is 18.2 Å². The summed E-state index contributed by atoms with van der Waals surface area (Å²) in [6.07, 6.45) is 3.00. The first-order valence-electron chi connectivity index (χ1n) is 7.38. The van der Waals surface area contributed by atoms with Crippen LogP contribution in [0.25, 0.3) is 6.08 Å². The molecule has 8 nitrogen and oxygen atoms in total. The number of methoxy groups -OCH3 is 1. The molecule has 2 rings (SSSR count). The summed E-state index contributed by atoms with van der Waals surface area (Å²) in [5.74, 6) is -1.37. The molecule has 1 aromatic carbocycles. The number of hydrogen-bond acceptors (Lipinski definition) is 6. The highest BCUT2D eigenvalue weighted by molar-refractivity contribution is 7.84. The van der Waals surface area contributed by atoms with Crippen LogP contribution in [0.3, 0.4) is 0 Å². The van der Waals surface area contributed by atoms with E-state index in [1.807, 2.05) is 18.2 Å². The van der Waals surface area contributed by atoms with Gasteiger partial charge in [-0.2, -0.15) is 8.42 Å². The highest BCUT2D eigenvalue weighted by atomic mass is 32.2. The van der Waals surface area contributed by atoms with Gasteiger partial charge in [0.1, 0.15) is 6.04 Å². The van der Waals surface area contributed by atoms with Gasteiger partial charge in [-0.25, -0.2) is 4.31 Å². The van der Waals surface area contributed by atoms with Gasteiger partial charge >= 0.3 is 16.3 Å². The molecule has 1 aliphatic heterocycles. The van der Waals surface area contributed by atoms with Crippen LogP contribution in [0.4, 0.5) is 0 Å². The molecule has 0 aromatic heterocycles. The minimum Gasteiger partial charge on any atom is -0.469 e. The lowest BCUT2D eigenvalue weighted by Gasteiger charge is -2.40. The SMILES string of the molecule is COC(=O)CC(C)=N[C@H]1C(=O)N(S(=O)(=O)O)[C@H]1C=Cc1ccccc1. The summed E-state index contributed by atoms with van der Waals surface area (Å²) in [6, 6.07) is 7.06. The van der Waals surface area contributed by atoms with Crippen LogP contribution in [0.5, 0.6) is 0 Å². The highest BCUT2D eigenvalue weighted by Gasteiger charge is 2.52. The van der Waals surface area contributed by atoms with Crippen molar-refractivity contribution in [3.8, 4) is 0 Å². The topological polar surface area (TPSA) is 113 Å². The predicted molar refractivity (Wildman–Crippen MR) is 91.2 cm³/mol. The summed E-state index contributed by atoms with van der Waals surface area (Å²) in [5, 5.41) is 0. The Kier molecular flexibility index (Phi) is 5.70. The Balaban J connectivity index is 2.25. The summed E-state index contributed by atoms with van der Waals surface area (Å²) in [7, 11) is -3.46. The number of ether oxygens (including phenoxy) is 1. The van der Waals surface area contributed by atoms with Gasteiger partial charge in [0.2, 0.25) is 0 Å². The Hall–Kier alpha value is -2.52. The third-order valence-electron chi connectivity index (χ3n) is 3.59. The van der Waals surface area contributed by atoms with Crippen LogP contribution >= 0.6 is 0 Å². The largest absolute Gasteiger partial charge is 0.469 e. The van der Waals surface area contributed by atoms with E-state index in [-0.39, 0.29) is 6.42 Å². The standard InChI is InChI=1S/C16H18N2O6S/c1-11(10-14(19)24-2)17-15-13(18(16(15)20)25(21,22)23)9-8-12-6-4-3-5-7-12/h3-9,13,15H,10H2,1-2H3,(H,21,22,23)/t13-,15+/m0/s1. The number of carbonyl (C=O) groups excluding carboxylic acids is 2. The molecule has 1 N–H and O–H groups in total. The predicted octanol–water partition coefficient (Wildman–Crippen LogP) is 1.11. The summed E-state index contributed by atoms with van der Waals surface area (Å²) in [5.41, 5.74) is 1.13. The Labute approximate surface area is 145 Å². The Morgan fingerprint density at radius 1 is 1.36 bits per heavy atom. The lowest BCUT2D eigenvalue weighted by atomic mass is 9.97. The molecule has 1 amide bonds. The van der Waals surface area contributed by atoms with Gasteiger partial charge in [-0.3, -0.25) is 19.1 Å². The number of β-lactam (4-membered cyclic amide) rings is 1. The molecule has 25 heavy (non-hydrogen) atoms. The lowest BCUT2D eigenvalue weighted by Crippen LogP contribution is -2.64. The van der Waals surface area contributed by atoms with E-state index in [4.69, 9.17) is 0 Å². The first-order valence-corrected chi connectivity index (χ1v) is 8.77. The van der Waals surface area contributed by atoms with Gasteiger partial charge in [-0.1, -0.05) is 42.5 Å². The second-order valence-corrected chi connectivity index (χ2v) is 6.72. The number of amides is 1. The first-order chi connectivity index (χ1) is 11.7. The van der Waals surface area contributed by atoms with E-state index < -0.39 is 34.3 Å². The molecule has 1 aromatic rings. The van der Waals surface area contributed by atoms with E-state index in [2.05, 4.69) is 9.73 Å². The van der Waals surface area contributed by atoms with Crippen molar-refractivity contribution < 1.29 is 27.3 Å². The molecule has 0 bridgehead atoms. The monoisotopic (exact) mass is 366 g/mol. The van der Waals surface area contributed by atoms with Crippen molar-refractivity contribution in [2.45, 2.75) is 25.4 Å². The third kappa shape index (κ3) is 4.52. The molecule has 0 unspecified atom stereocenters. The van der Waals surface area contributed by atoms with Gasteiger partial charge in [0.25, 0.3) is 5.91 Å². The lowest BCUT2D eigenvalue weighted by molar-refractivity contribution is -0.140. The molecule has 1 fully saturated rings. The van der Waals surface area contributed by atoms with Crippen LogP contribution in [0.15, 0.2) is 41.4 Å². The van der Waals surface area contributed by atoms with Gasteiger partial charge in [0.05, 0.1) is 13.5 Å². The molecule has 0 aliphatic carbocycles. The van der Waals surface area contributed by atoms with E-state index >= 15 is 0 Å². The number of rotatable bonds is 6. The first kappa shape index (κ1) is 18.8. The summed E-state index contributed by atoms with van der Waals surface area (Å²) >= 11 is 0. The number of benzene rings is 1. The molecule has 2 atom stereocenters. The molecular formula is C16H18N2O6S. The highest BCUT2D eigenvalue weighted by Crippen LogP contribution is 2.28. The minimum atomic E-state index is -4.69. The minimum absolute atomic E-state index is 0.110. The normalized spacial score (nSPS) is 21.3. The Morgan fingerprint density at radius 3 is 2.56 bits per heavy atom. The van der Waals surface area contributed by atoms with Gasteiger partial charge in [0.15, 0.2) is 6.04 Å². The molecule has 9 heteroatoms. The Morgan fingerprint density at radius 2 is 2.00 bits per heavy atom. The van der Waals surface area contributed by atoms with Crippen molar-refractivity contribution in [3.05, 3.63) is 42.0 Å². The molecular weight excluding hydrogens is 348 g/mol. The van der Waals surface area contributed by atoms with Crippen molar-refractivity contribution in [2.75, 3.05) is 7.11 Å². The average Bonchev–Trinajstić information content (AvgIpc) is 2.55. The molecule has 0 saturated carbocycles. The molecule has 1 heterocycles. The number of aliphatic imine (C=N–C) groups is 1. The molecule has 0 spiro atoms. The van der Waals surface area contributed by atoms with E-state index in [1.165, 1.54) is 20.1 Å². The fraction of sp³-hybridized carbons (Fsp3) is 0.312. The van der Waals surface area contributed by atoms with Crippen molar-refractivity contribution in [2.24, 2.45) is 4.99 Å². The second kappa shape index (κ2) is 7.58. The zero-order chi connectivity index (χ0) is 18.6. The molecule has 0 radical (unpaired) electrons. The number of nitrogens with zero attached hydrogens (tertiary/aromatic N) is 2. The zero-order valence-electron chi connectivity index (χ0n) is 13.7.